The van der Waals surface area contributed by atoms with Crippen LogP contribution < -0.4 is 10.6 Å². The monoisotopic (exact) mass is 327 g/mol. The molecule has 2 N–H and O–H groups in total. The van der Waals surface area contributed by atoms with Crippen molar-refractivity contribution in [3.8, 4) is 0 Å². The van der Waals surface area contributed by atoms with Gasteiger partial charge in [0.25, 0.3) is 5.91 Å². The molecule has 2 aromatic rings. The van der Waals surface area contributed by atoms with Gasteiger partial charge in [-0.15, -0.1) is 0 Å². The summed E-state index contributed by atoms with van der Waals surface area (Å²) in [4.78, 5) is 28.7. The lowest BCUT2D eigenvalue weighted by Crippen LogP contribution is -2.39. The number of hydrogen-bond acceptors (Lipinski definition) is 4. The predicted molar refractivity (Wildman–Crippen MR) is 90.4 cm³/mol. The molecule has 6 nitrogen and oxygen atoms in total. The molecule has 0 aromatic carbocycles. The summed E-state index contributed by atoms with van der Waals surface area (Å²) in [7, 11) is 0. The number of amides is 2. The summed E-state index contributed by atoms with van der Waals surface area (Å²) in [6, 6.07) is 7.07. The summed E-state index contributed by atoms with van der Waals surface area (Å²) in [5, 5.41) is 5.43. The second-order valence-corrected chi connectivity index (χ2v) is 6.32. The van der Waals surface area contributed by atoms with E-state index in [1.807, 2.05) is 6.07 Å². The summed E-state index contributed by atoms with van der Waals surface area (Å²) in [5.74, 6) is -0.166. The lowest BCUT2D eigenvalue weighted by Gasteiger charge is -2.19. The van der Waals surface area contributed by atoms with Gasteiger partial charge in [0.15, 0.2) is 0 Å². The largest absolute Gasteiger partial charge is 0.465 e. The Balaban J connectivity index is 2.12. The zero-order valence-electron chi connectivity index (χ0n) is 14.0. The van der Waals surface area contributed by atoms with E-state index in [0.29, 0.717) is 12.3 Å². The van der Waals surface area contributed by atoms with Crippen molar-refractivity contribution in [2.45, 2.75) is 27.3 Å². The Morgan fingerprint density at radius 2 is 2.04 bits per heavy atom. The molecule has 24 heavy (non-hydrogen) atoms. The predicted octanol–water partition coefficient (Wildman–Crippen LogP) is 2.49. The van der Waals surface area contributed by atoms with E-state index in [0.717, 1.165) is 5.56 Å². The second-order valence-electron chi connectivity index (χ2n) is 6.32. The molecule has 0 atom stereocenters. The summed E-state index contributed by atoms with van der Waals surface area (Å²) in [5.41, 5.74) is 0.380. The highest BCUT2D eigenvalue weighted by Gasteiger charge is 2.24. The van der Waals surface area contributed by atoms with E-state index >= 15 is 0 Å². The first-order chi connectivity index (χ1) is 11.4. The molecule has 2 heterocycles. The maximum absolute atomic E-state index is 12.4. The molecule has 2 aromatic heterocycles. The molecule has 0 aliphatic carbocycles. The van der Waals surface area contributed by atoms with E-state index in [1.54, 1.807) is 51.4 Å². The van der Waals surface area contributed by atoms with Gasteiger partial charge in [0.05, 0.1) is 6.26 Å². The molecule has 0 bridgehead atoms. The van der Waals surface area contributed by atoms with E-state index in [4.69, 9.17) is 4.42 Å². The molecule has 0 unspecified atom stereocenters. The van der Waals surface area contributed by atoms with Gasteiger partial charge in [-0.2, -0.15) is 0 Å². The lowest BCUT2D eigenvalue weighted by atomic mass is 9.95. The quantitative estimate of drug-likeness (QED) is 0.826. The fraction of sp³-hybridized carbons (Fsp3) is 0.278. The molecule has 0 aliphatic heterocycles. The Hall–Kier alpha value is -2.89. The van der Waals surface area contributed by atoms with Crippen LogP contribution in [0.1, 0.15) is 32.1 Å². The summed E-state index contributed by atoms with van der Waals surface area (Å²) in [6.45, 7) is 5.65. The van der Waals surface area contributed by atoms with Gasteiger partial charge in [-0.05, 0) is 23.8 Å². The lowest BCUT2D eigenvalue weighted by molar-refractivity contribution is -0.129. The van der Waals surface area contributed by atoms with Crippen molar-refractivity contribution in [1.82, 2.24) is 15.6 Å². The highest BCUT2D eigenvalue weighted by molar-refractivity contribution is 6.01. The van der Waals surface area contributed by atoms with Crippen LogP contribution in [0.4, 0.5) is 0 Å². The topological polar surface area (TPSA) is 84.2 Å². The zero-order valence-corrected chi connectivity index (χ0v) is 14.0. The van der Waals surface area contributed by atoms with Gasteiger partial charge in [0.1, 0.15) is 11.5 Å². The van der Waals surface area contributed by atoms with Crippen molar-refractivity contribution in [3.05, 3.63) is 59.9 Å². The van der Waals surface area contributed by atoms with Crippen LogP contribution in [0.15, 0.2) is 53.0 Å². The fourth-order valence-corrected chi connectivity index (χ4v) is 1.76. The SMILES string of the molecule is CC(C)(C)C(=O)N/C(=C\c1ccco1)C(=O)NCc1cccnc1. The van der Waals surface area contributed by atoms with Crippen molar-refractivity contribution in [2.24, 2.45) is 5.41 Å². The number of nitrogens with one attached hydrogen (secondary N) is 2. The number of pyridine rings is 1. The molecule has 0 fully saturated rings. The Bertz CT molecular complexity index is 714. The minimum Gasteiger partial charge on any atom is -0.465 e. The van der Waals surface area contributed by atoms with Crippen molar-refractivity contribution >= 4 is 17.9 Å². The van der Waals surface area contributed by atoms with Gasteiger partial charge in [-0.3, -0.25) is 14.6 Å². The minimum atomic E-state index is -0.619. The highest BCUT2D eigenvalue weighted by Crippen LogP contribution is 2.15. The first kappa shape index (κ1) is 17.5. The Morgan fingerprint density at radius 3 is 2.62 bits per heavy atom. The van der Waals surface area contributed by atoms with E-state index in [-0.39, 0.29) is 11.6 Å². The smallest absolute Gasteiger partial charge is 0.268 e. The maximum Gasteiger partial charge on any atom is 0.268 e. The standard InChI is InChI=1S/C18H21N3O3/c1-18(2,3)17(23)21-15(10-14-7-5-9-24-14)16(22)20-12-13-6-4-8-19-11-13/h4-11H,12H2,1-3H3,(H,20,22)(H,21,23)/b15-10-. The molecule has 2 rings (SSSR count). The average molecular weight is 327 g/mol. The number of aromatic nitrogens is 1. The molecule has 0 aliphatic rings. The molecule has 0 spiro atoms. The van der Waals surface area contributed by atoms with Gasteiger partial charge >= 0.3 is 0 Å². The van der Waals surface area contributed by atoms with Gasteiger partial charge in [-0.25, -0.2) is 0 Å². The van der Waals surface area contributed by atoms with E-state index in [2.05, 4.69) is 15.6 Å². The molecule has 6 heteroatoms. The highest BCUT2D eigenvalue weighted by atomic mass is 16.3. The van der Waals surface area contributed by atoms with Crippen LogP contribution in [0, 0.1) is 5.41 Å². The number of carbonyl (C=O) groups is 2. The molecule has 126 valence electrons. The normalized spacial score (nSPS) is 11.9. The van der Waals surface area contributed by atoms with Crippen LogP contribution in [-0.4, -0.2) is 16.8 Å². The van der Waals surface area contributed by atoms with Crippen LogP contribution in [0.3, 0.4) is 0 Å². The third-order valence-corrected chi connectivity index (χ3v) is 3.18. The van der Waals surface area contributed by atoms with Crippen LogP contribution in [-0.2, 0) is 16.1 Å². The third-order valence-electron chi connectivity index (χ3n) is 3.18. The number of furan rings is 1. The molecule has 0 saturated heterocycles. The fourth-order valence-electron chi connectivity index (χ4n) is 1.76. The maximum atomic E-state index is 12.4. The van der Waals surface area contributed by atoms with Crippen molar-refractivity contribution < 1.29 is 14.0 Å². The number of hydrogen-bond donors (Lipinski definition) is 2. The van der Waals surface area contributed by atoms with Crippen molar-refractivity contribution in [2.75, 3.05) is 0 Å². The summed E-state index contributed by atoms with van der Waals surface area (Å²) < 4.78 is 5.23. The third kappa shape index (κ3) is 5.08. The molecule has 0 radical (unpaired) electrons. The van der Waals surface area contributed by atoms with Crippen LogP contribution in [0.5, 0.6) is 0 Å². The molecular weight excluding hydrogens is 306 g/mol. The van der Waals surface area contributed by atoms with E-state index in [9.17, 15) is 9.59 Å². The Labute approximate surface area is 141 Å². The number of rotatable bonds is 5. The first-order valence-corrected chi connectivity index (χ1v) is 7.60. The van der Waals surface area contributed by atoms with Gasteiger partial charge in [0, 0.05) is 30.4 Å². The molecular formula is C18H21N3O3. The number of nitrogens with zero attached hydrogens (tertiary/aromatic N) is 1. The Kier molecular flexibility index (Phi) is 5.52. The van der Waals surface area contributed by atoms with Gasteiger partial charge in [0.2, 0.25) is 5.91 Å². The Morgan fingerprint density at radius 1 is 1.25 bits per heavy atom. The van der Waals surface area contributed by atoms with Crippen LogP contribution in [0.25, 0.3) is 6.08 Å². The van der Waals surface area contributed by atoms with Gasteiger partial charge in [-0.1, -0.05) is 26.8 Å². The van der Waals surface area contributed by atoms with E-state index < -0.39 is 11.3 Å². The van der Waals surface area contributed by atoms with Crippen LogP contribution >= 0.6 is 0 Å². The minimum absolute atomic E-state index is 0.133. The summed E-state index contributed by atoms with van der Waals surface area (Å²) >= 11 is 0. The average Bonchev–Trinajstić information content (AvgIpc) is 3.05. The second kappa shape index (κ2) is 7.59. The number of carbonyl (C=O) groups excluding carboxylic acids is 2. The summed E-state index contributed by atoms with van der Waals surface area (Å²) in [6.07, 6.45) is 6.34. The van der Waals surface area contributed by atoms with Crippen molar-refractivity contribution in [3.63, 3.8) is 0 Å². The van der Waals surface area contributed by atoms with Crippen LogP contribution in [0.2, 0.25) is 0 Å². The molecule has 0 saturated carbocycles. The molecule has 2 amide bonds. The zero-order chi connectivity index (χ0) is 17.6. The van der Waals surface area contributed by atoms with E-state index in [1.165, 1.54) is 12.3 Å². The first-order valence-electron chi connectivity index (χ1n) is 7.60. The van der Waals surface area contributed by atoms with Gasteiger partial charge < -0.3 is 15.1 Å². The van der Waals surface area contributed by atoms with Crippen molar-refractivity contribution in [1.29, 1.82) is 0 Å².